The number of rotatable bonds is 4. The van der Waals surface area contributed by atoms with Crippen molar-refractivity contribution in [3.05, 3.63) is 0 Å². The summed E-state index contributed by atoms with van der Waals surface area (Å²) in [6.45, 7) is 0.203. The Bertz CT molecular complexity index is 211. The second-order valence-corrected chi connectivity index (χ2v) is 4.03. The van der Waals surface area contributed by atoms with Gasteiger partial charge in [-0.15, -0.1) is 0 Å². The van der Waals surface area contributed by atoms with Crippen molar-refractivity contribution in [2.24, 2.45) is 5.73 Å². The third-order valence-electron chi connectivity index (χ3n) is 2.74. The molecule has 3 atom stereocenters. The molecule has 0 bridgehead atoms. The Morgan fingerprint density at radius 2 is 2.27 bits per heavy atom. The van der Waals surface area contributed by atoms with E-state index >= 15 is 0 Å². The van der Waals surface area contributed by atoms with E-state index in [0.29, 0.717) is 0 Å². The third kappa shape index (κ3) is 3.77. The van der Waals surface area contributed by atoms with E-state index in [1.807, 2.05) is 0 Å². The minimum Gasteiger partial charge on any atom is -0.391 e. The van der Waals surface area contributed by atoms with Crippen LogP contribution in [0.5, 0.6) is 0 Å². The van der Waals surface area contributed by atoms with Gasteiger partial charge in [-0.3, -0.25) is 4.79 Å². The Morgan fingerprint density at radius 1 is 1.60 bits per heavy atom. The fourth-order valence-corrected chi connectivity index (χ4v) is 1.82. The van der Waals surface area contributed by atoms with Crippen molar-refractivity contribution in [1.29, 1.82) is 0 Å². The highest BCUT2D eigenvalue weighted by Crippen LogP contribution is 2.18. The van der Waals surface area contributed by atoms with Crippen LogP contribution >= 0.6 is 0 Å². The number of carbonyl (C=O) groups excluding carboxylic acids is 1. The normalized spacial score (nSPS) is 28.5. The van der Waals surface area contributed by atoms with Crippen molar-refractivity contribution >= 4 is 5.91 Å². The summed E-state index contributed by atoms with van der Waals surface area (Å²) in [6, 6.07) is -0.793. The van der Waals surface area contributed by atoms with Gasteiger partial charge in [-0.25, -0.2) is 0 Å². The Morgan fingerprint density at radius 3 is 2.87 bits per heavy atom. The van der Waals surface area contributed by atoms with Gasteiger partial charge in [0, 0.05) is 7.11 Å². The molecule has 0 aromatic rings. The summed E-state index contributed by atoms with van der Waals surface area (Å²) in [5.74, 6) is -0.247. The third-order valence-corrected chi connectivity index (χ3v) is 2.74. The molecule has 1 amide bonds. The largest absolute Gasteiger partial charge is 0.391 e. The number of nitrogens with two attached hydrogens (primary N) is 1. The van der Waals surface area contributed by atoms with Gasteiger partial charge in [0.25, 0.3) is 0 Å². The number of hydrogen-bond donors (Lipinski definition) is 3. The highest BCUT2D eigenvalue weighted by molar-refractivity contribution is 5.81. The number of hydrogen-bond acceptors (Lipinski definition) is 4. The molecule has 1 aliphatic carbocycles. The molecule has 5 nitrogen and oxygen atoms in total. The second kappa shape index (κ2) is 6.05. The minimum absolute atomic E-state index is 0.144. The van der Waals surface area contributed by atoms with Crippen molar-refractivity contribution in [2.75, 3.05) is 13.7 Å². The molecule has 0 heterocycles. The standard InChI is InChI=1S/C10H20N2O3/c1-15-6-7(11)10(14)12-8-4-2-3-5-9(8)13/h7-9,13H,2-6,11H2,1H3,(H,12,14). The van der Waals surface area contributed by atoms with Crippen molar-refractivity contribution in [3.63, 3.8) is 0 Å². The molecule has 0 aromatic carbocycles. The summed E-state index contributed by atoms with van der Waals surface area (Å²) in [6.07, 6.45) is 3.22. The van der Waals surface area contributed by atoms with Gasteiger partial charge in [-0.1, -0.05) is 12.8 Å². The molecule has 0 radical (unpaired) electrons. The lowest BCUT2D eigenvalue weighted by atomic mass is 9.92. The number of nitrogens with one attached hydrogen (secondary N) is 1. The van der Waals surface area contributed by atoms with Gasteiger partial charge >= 0.3 is 0 Å². The van der Waals surface area contributed by atoms with Crippen molar-refractivity contribution in [1.82, 2.24) is 5.32 Å². The average molecular weight is 216 g/mol. The zero-order valence-electron chi connectivity index (χ0n) is 9.11. The monoisotopic (exact) mass is 216 g/mol. The Balaban J connectivity index is 2.35. The molecule has 1 rings (SSSR count). The molecule has 4 N–H and O–H groups in total. The maximum Gasteiger partial charge on any atom is 0.239 e. The van der Waals surface area contributed by atoms with Crippen LogP contribution in [-0.2, 0) is 9.53 Å². The number of ether oxygens (including phenoxy) is 1. The van der Waals surface area contributed by atoms with Gasteiger partial charge in [0.2, 0.25) is 5.91 Å². The molecule has 0 aromatic heterocycles. The van der Waals surface area contributed by atoms with Crippen molar-refractivity contribution < 1.29 is 14.6 Å². The molecule has 1 fully saturated rings. The molecule has 88 valence electrons. The highest BCUT2D eigenvalue weighted by atomic mass is 16.5. The van der Waals surface area contributed by atoms with Crippen LogP contribution in [0.2, 0.25) is 0 Å². The van der Waals surface area contributed by atoms with E-state index in [1.165, 1.54) is 7.11 Å². The first kappa shape index (κ1) is 12.4. The number of methoxy groups -OCH3 is 1. The Labute approximate surface area is 90.0 Å². The summed E-state index contributed by atoms with van der Waals surface area (Å²) >= 11 is 0. The summed E-state index contributed by atoms with van der Waals surface area (Å²) in [4.78, 5) is 11.5. The van der Waals surface area contributed by atoms with E-state index in [4.69, 9.17) is 10.5 Å². The topological polar surface area (TPSA) is 84.6 Å². The van der Waals surface area contributed by atoms with E-state index < -0.39 is 12.1 Å². The molecular formula is C10H20N2O3. The number of aliphatic hydroxyl groups excluding tert-OH is 1. The lowest BCUT2D eigenvalue weighted by Gasteiger charge is -2.29. The van der Waals surface area contributed by atoms with E-state index in [1.54, 1.807) is 0 Å². The summed E-state index contributed by atoms with van der Waals surface area (Å²) in [5.41, 5.74) is 5.57. The average Bonchev–Trinajstić information content (AvgIpc) is 2.21. The van der Waals surface area contributed by atoms with Crippen LogP contribution in [0.4, 0.5) is 0 Å². The smallest absolute Gasteiger partial charge is 0.239 e. The van der Waals surface area contributed by atoms with Crippen LogP contribution in [0.3, 0.4) is 0 Å². The van der Waals surface area contributed by atoms with Gasteiger partial charge in [0.1, 0.15) is 6.04 Å². The summed E-state index contributed by atoms with van der Waals surface area (Å²) < 4.78 is 4.79. The lowest BCUT2D eigenvalue weighted by Crippen LogP contribution is -2.52. The minimum atomic E-state index is -0.649. The van der Waals surface area contributed by atoms with Gasteiger partial charge < -0.3 is 20.9 Å². The molecule has 1 aliphatic rings. The van der Waals surface area contributed by atoms with Crippen LogP contribution in [0.25, 0.3) is 0 Å². The highest BCUT2D eigenvalue weighted by Gasteiger charge is 2.26. The molecule has 5 heteroatoms. The maximum absolute atomic E-state index is 11.5. The molecule has 0 saturated heterocycles. The molecule has 1 saturated carbocycles. The molecule has 15 heavy (non-hydrogen) atoms. The van der Waals surface area contributed by atoms with Crippen LogP contribution in [0, 0.1) is 0 Å². The van der Waals surface area contributed by atoms with E-state index in [2.05, 4.69) is 5.32 Å². The maximum atomic E-state index is 11.5. The van der Waals surface area contributed by atoms with Gasteiger partial charge in [0.15, 0.2) is 0 Å². The molecule has 3 unspecified atom stereocenters. The second-order valence-electron chi connectivity index (χ2n) is 4.03. The molecule has 0 spiro atoms. The molecular weight excluding hydrogens is 196 g/mol. The van der Waals surface area contributed by atoms with Crippen LogP contribution in [-0.4, -0.2) is 42.9 Å². The zero-order valence-corrected chi connectivity index (χ0v) is 9.11. The van der Waals surface area contributed by atoms with Crippen LogP contribution in [0.1, 0.15) is 25.7 Å². The predicted molar refractivity (Wildman–Crippen MR) is 56.3 cm³/mol. The van der Waals surface area contributed by atoms with Crippen LogP contribution in [0.15, 0.2) is 0 Å². The summed E-state index contributed by atoms with van der Waals surface area (Å²) in [5, 5.41) is 12.4. The number of amides is 1. The predicted octanol–water partition coefficient (Wildman–Crippen LogP) is -0.620. The Hall–Kier alpha value is -0.650. The Kier molecular flexibility index (Phi) is 5.01. The van der Waals surface area contributed by atoms with E-state index in [9.17, 15) is 9.90 Å². The zero-order chi connectivity index (χ0) is 11.3. The first-order valence-electron chi connectivity index (χ1n) is 5.38. The van der Waals surface area contributed by atoms with Crippen molar-refractivity contribution in [3.8, 4) is 0 Å². The SMILES string of the molecule is COCC(N)C(=O)NC1CCCCC1O. The number of aliphatic hydroxyl groups is 1. The fourth-order valence-electron chi connectivity index (χ4n) is 1.82. The quantitative estimate of drug-likeness (QED) is 0.584. The molecule has 0 aliphatic heterocycles. The first-order valence-corrected chi connectivity index (χ1v) is 5.38. The lowest BCUT2D eigenvalue weighted by molar-refractivity contribution is -0.125. The van der Waals surface area contributed by atoms with E-state index in [0.717, 1.165) is 25.7 Å². The van der Waals surface area contributed by atoms with Crippen LogP contribution < -0.4 is 11.1 Å². The fraction of sp³-hybridized carbons (Fsp3) is 0.900. The van der Waals surface area contributed by atoms with Gasteiger partial charge in [-0.2, -0.15) is 0 Å². The van der Waals surface area contributed by atoms with E-state index in [-0.39, 0.29) is 18.6 Å². The number of carbonyl (C=O) groups is 1. The van der Waals surface area contributed by atoms with Gasteiger partial charge in [-0.05, 0) is 12.8 Å². The van der Waals surface area contributed by atoms with Crippen molar-refractivity contribution in [2.45, 2.75) is 43.9 Å². The van der Waals surface area contributed by atoms with Gasteiger partial charge in [0.05, 0.1) is 18.8 Å². The summed E-state index contributed by atoms with van der Waals surface area (Å²) in [7, 11) is 1.50. The first-order chi connectivity index (χ1) is 7.15.